The van der Waals surface area contributed by atoms with Crippen molar-refractivity contribution in [1.29, 1.82) is 0 Å². The summed E-state index contributed by atoms with van der Waals surface area (Å²) < 4.78 is 22.2. The molecule has 2 aromatic heterocycles. The van der Waals surface area contributed by atoms with Crippen molar-refractivity contribution in [2.75, 3.05) is 12.8 Å². The fourth-order valence-electron chi connectivity index (χ4n) is 4.60. The van der Waals surface area contributed by atoms with Crippen molar-refractivity contribution in [3.8, 4) is 5.75 Å². The van der Waals surface area contributed by atoms with E-state index >= 15 is 0 Å². The first-order chi connectivity index (χ1) is 13.9. The maximum atomic E-state index is 14.5. The number of benzene rings is 1. The van der Waals surface area contributed by atoms with Gasteiger partial charge in [0, 0.05) is 43.2 Å². The maximum absolute atomic E-state index is 14.5. The van der Waals surface area contributed by atoms with E-state index in [1.165, 1.54) is 24.0 Å². The van der Waals surface area contributed by atoms with Crippen LogP contribution in [0.15, 0.2) is 36.7 Å². The number of ether oxygens (including phenoxy) is 1. The highest BCUT2D eigenvalue weighted by atomic mass is 19.1. The molecule has 0 spiro atoms. The molecule has 7 nitrogen and oxygen atoms in total. The van der Waals surface area contributed by atoms with Crippen LogP contribution in [0.1, 0.15) is 23.6 Å². The summed E-state index contributed by atoms with van der Waals surface area (Å²) in [4.78, 5) is 6.42. The number of hydrogen-bond acceptors (Lipinski definition) is 6. The average Bonchev–Trinajstić information content (AvgIpc) is 3.32. The topological polar surface area (TPSA) is 96.8 Å². The van der Waals surface area contributed by atoms with Crippen molar-refractivity contribution in [3.63, 3.8) is 0 Å². The van der Waals surface area contributed by atoms with Crippen molar-refractivity contribution >= 4 is 16.7 Å². The Labute approximate surface area is 167 Å². The zero-order chi connectivity index (χ0) is 20.3. The van der Waals surface area contributed by atoms with Gasteiger partial charge in [0.2, 0.25) is 0 Å². The molecule has 152 valence electrons. The van der Waals surface area contributed by atoms with Crippen LogP contribution in [0.5, 0.6) is 5.75 Å². The van der Waals surface area contributed by atoms with Gasteiger partial charge in [-0.1, -0.05) is 12.1 Å². The Bertz CT molecular complexity index is 1090. The number of rotatable bonds is 3. The van der Waals surface area contributed by atoms with E-state index in [9.17, 15) is 14.6 Å². The van der Waals surface area contributed by atoms with Crippen LogP contribution in [0.25, 0.3) is 11.0 Å². The molecule has 1 aromatic carbocycles. The summed E-state index contributed by atoms with van der Waals surface area (Å²) in [5.74, 6) is 0.218. The molecule has 4 atom stereocenters. The summed E-state index contributed by atoms with van der Waals surface area (Å²) in [6, 6.07) is 6.85. The van der Waals surface area contributed by atoms with Gasteiger partial charge in [0.1, 0.15) is 29.7 Å². The van der Waals surface area contributed by atoms with Gasteiger partial charge in [0.05, 0.1) is 11.4 Å². The van der Waals surface area contributed by atoms with Crippen molar-refractivity contribution in [2.45, 2.75) is 43.9 Å². The fourth-order valence-corrected chi connectivity index (χ4v) is 4.60. The van der Waals surface area contributed by atoms with Crippen molar-refractivity contribution in [3.05, 3.63) is 53.6 Å². The fraction of sp³-hybridized carbons (Fsp3) is 0.381. The van der Waals surface area contributed by atoms with Gasteiger partial charge in [-0.15, -0.1) is 0 Å². The summed E-state index contributed by atoms with van der Waals surface area (Å²) >= 11 is 0. The van der Waals surface area contributed by atoms with E-state index in [0.717, 1.165) is 24.4 Å². The number of aliphatic hydroxyl groups is 2. The zero-order valence-corrected chi connectivity index (χ0v) is 16.0. The number of nitrogens with zero attached hydrogens (tertiary/aromatic N) is 3. The van der Waals surface area contributed by atoms with Crippen molar-refractivity contribution in [2.24, 2.45) is 0 Å². The van der Waals surface area contributed by atoms with Crippen LogP contribution in [0.2, 0.25) is 0 Å². The average molecular weight is 398 g/mol. The van der Waals surface area contributed by atoms with E-state index in [1.807, 2.05) is 19.2 Å². The molecular weight excluding hydrogens is 375 g/mol. The Kier molecular flexibility index (Phi) is 4.23. The minimum Gasteiger partial charge on any atom is -0.487 e. The predicted octanol–water partition coefficient (Wildman–Crippen LogP) is 1.82. The number of nitrogen functional groups attached to an aromatic ring is 1. The van der Waals surface area contributed by atoms with Crippen LogP contribution in [-0.2, 0) is 13.1 Å². The van der Waals surface area contributed by atoms with Crippen LogP contribution in [0.4, 0.5) is 10.1 Å². The van der Waals surface area contributed by atoms with Gasteiger partial charge in [-0.2, -0.15) is 0 Å². The van der Waals surface area contributed by atoms with E-state index in [4.69, 9.17) is 10.5 Å². The number of nitrogens with two attached hydrogens (primary N) is 1. The first kappa shape index (κ1) is 18.4. The molecular formula is C21H23FN4O3. The normalized spacial score (nSPS) is 26.9. The monoisotopic (exact) mass is 398 g/mol. The van der Waals surface area contributed by atoms with Crippen LogP contribution in [0.3, 0.4) is 0 Å². The van der Waals surface area contributed by atoms with E-state index in [0.29, 0.717) is 12.1 Å². The lowest BCUT2D eigenvalue weighted by molar-refractivity contribution is -0.0166. The number of pyridine rings is 1. The van der Waals surface area contributed by atoms with E-state index in [1.54, 1.807) is 4.57 Å². The first-order valence-corrected chi connectivity index (χ1v) is 9.66. The second-order valence-corrected chi connectivity index (χ2v) is 7.99. The van der Waals surface area contributed by atoms with E-state index in [-0.39, 0.29) is 11.1 Å². The number of halogens is 1. The molecule has 1 fully saturated rings. The highest BCUT2D eigenvalue weighted by Crippen LogP contribution is 2.39. The Morgan fingerprint density at radius 3 is 2.86 bits per heavy atom. The number of aliphatic hydroxyl groups excluding tert-OH is 2. The molecule has 0 bridgehead atoms. The van der Waals surface area contributed by atoms with E-state index < -0.39 is 30.2 Å². The Morgan fingerprint density at radius 1 is 1.21 bits per heavy atom. The third kappa shape index (κ3) is 2.87. The minimum absolute atomic E-state index is 0.225. The zero-order valence-electron chi connectivity index (χ0n) is 16.0. The van der Waals surface area contributed by atoms with Crippen LogP contribution >= 0.6 is 0 Å². The highest BCUT2D eigenvalue weighted by molar-refractivity contribution is 5.89. The third-order valence-electron chi connectivity index (χ3n) is 6.03. The highest BCUT2D eigenvalue weighted by Gasteiger charge is 2.45. The first-order valence-electron chi connectivity index (χ1n) is 9.66. The molecule has 1 aliphatic carbocycles. The van der Waals surface area contributed by atoms with Crippen LogP contribution < -0.4 is 10.5 Å². The molecule has 8 heteroatoms. The van der Waals surface area contributed by atoms with Gasteiger partial charge in [-0.25, -0.2) is 9.37 Å². The molecule has 1 saturated carbocycles. The summed E-state index contributed by atoms with van der Waals surface area (Å²) in [5.41, 5.74) is 8.83. The van der Waals surface area contributed by atoms with Gasteiger partial charge >= 0.3 is 0 Å². The standard InChI is InChI=1S/C21H23FN4O3/c1-25-8-11-3-2-4-16(12(11)9-25)29-17-7-15(19(27)20(17)28)26-10-13(22)18-14(23)5-6-24-21(18)26/h2-6,10,15,17,19-20,27-28H,7-9H2,1H3,(H2,23,24)/t15-,17+,19+,20-/m1/s1. The largest absolute Gasteiger partial charge is 0.487 e. The maximum Gasteiger partial charge on any atom is 0.152 e. The summed E-state index contributed by atoms with van der Waals surface area (Å²) in [5, 5.41) is 21.6. The summed E-state index contributed by atoms with van der Waals surface area (Å²) in [6.07, 6.45) is 0.278. The molecule has 0 amide bonds. The van der Waals surface area contributed by atoms with Gasteiger partial charge in [0.25, 0.3) is 0 Å². The Balaban J connectivity index is 1.45. The Hall–Kier alpha value is -2.68. The van der Waals surface area contributed by atoms with Gasteiger partial charge < -0.3 is 25.3 Å². The van der Waals surface area contributed by atoms with Crippen LogP contribution in [-0.4, -0.2) is 50.0 Å². The lowest BCUT2D eigenvalue weighted by Crippen LogP contribution is -2.34. The smallest absolute Gasteiger partial charge is 0.152 e. The van der Waals surface area contributed by atoms with Gasteiger partial charge in [-0.05, 0) is 24.7 Å². The van der Waals surface area contributed by atoms with Crippen molar-refractivity contribution in [1.82, 2.24) is 14.5 Å². The molecule has 3 heterocycles. The molecule has 0 saturated heterocycles. The second kappa shape index (κ2) is 6.69. The third-order valence-corrected chi connectivity index (χ3v) is 6.03. The van der Waals surface area contributed by atoms with Gasteiger partial charge in [-0.3, -0.25) is 4.90 Å². The van der Waals surface area contributed by atoms with Gasteiger partial charge in [0.15, 0.2) is 5.82 Å². The second-order valence-electron chi connectivity index (χ2n) is 7.99. The quantitative estimate of drug-likeness (QED) is 0.623. The molecule has 4 N–H and O–H groups in total. The molecule has 0 radical (unpaired) electrons. The van der Waals surface area contributed by atoms with E-state index in [2.05, 4.69) is 16.0 Å². The number of fused-ring (bicyclic) bond motifs is 2. The molecule has 3 aromatic rings. The number of anilines is 1. The number of aromatic nitrogens is 2. The lowest BCUT2D eigenvalue weighted by atomic mass is 10.1. The molecule has 1 aliphatic heterocycles. The van der Waals surface area contributed by atoms with Crippen molar-refractivity contribution < 1.29 is 19.3 Å². The number of hydrogen-bond donors (Lipinski definition) is 3. The SMILES string of the molecule is CN1Cc2cccc(O[C@H]3C[C@@H](n4cc(F)c5c(N)ccnc54)[C@H](O)[C@@H]3O)c2C1. The summed E-state index contributed by atoms with van der Waals surface area (Å²) in [7, 11) is 2.04. The molecule has 0 unspecified atom stereocenters. The Morgan fingerprint density at radius 2 is 2.03 bits per heavy atom. The predicted molar refractivity (Wildman–Crippen MR) is 106 cm³/mol. The van der Waals surface area contributed by atoms with Crippen LogP contribution in [0, 0.1) is 5.82 Å². The lowest BCUT2D eigenvalue weighted by Gasteiger charge is -2.20. The molecule has 2 aliphatic rings. The molecule has 29 heavy (non-hydrogen) atoms. The minimum atomic E-state index is -1.11. The summed E-state index contributed by atoms with van der Waals surface area (Å²) in [6.45, 7) is 1.63. The molecule has 5 rings (SSSR count).